The topological polar surface area (TPSA) is 134 Å². The molecule has 0 aromatic carbocycles. The van der Waals surface area contributed by atoms with Crippen LogP contribution in [0.3, 0.4) is 0 Å². The summed E-state index contributed by atoms with van der Waals surface area (Å²) in [6.07, 6.45) is 2.30. The summed E-state index contributed by atoms with van der Waals surface area (Å²) in [6, 6.07) is 11.8. The summed E-state index contributed by atoms with van der Waals surface area (Å²) in [7, 11) is -4.25. The highest BCUT2D eigenvalue weighted by Crippen LogP contribution is 2.39. The summed E-state index contributed by atoms with van der Waals surface area (Å²) in [6.45, 7) is 12.8. The summed E-state index contributed by atoms with van der Waals surface area (Å²) in [5, 5.41) is 0. The molecular formula is C27H35N7O3S. The Bertz CT molecular complexity index is 1440. The van der Waals surface area contributed by atoms with Gasteiger partial charge in [0.2, 0.25) is 0 Å². The molecule has 4 heterocycles. The molecule has 10 nitrogen and oxygen atoms in total. The number of amides is 1. The van der Waals surface area contributed by atoms with Gasteiger partial charge in [0.15, 0.2) is 0 Å². The molecule has 0 saturated carbocycles. The fraction of sp³-hybridized carbons (Fsp3) is 0.407. The van der Waals surface area contributed by atoms with E-state index in [-0.39, 0.29) is 21.8 Å². The number of aromatic nitrogens is 3. The molecule has 0 bridgehead atoms. The van der Waals surface area contributed by atoms with Gasteiger partial charge in [0.25, 0.3) is 15.9 Å². The van der Waals surface area contributed by atoms with Crippen LogP contribution >= 0.6 is 0 Å². The molecule has 11 heteroatoms. The Kier molecular flexibility index (Phi) is 7.59. The van der Waals surface area contributed by atoms with E-state index >= 15 is 0 Å². The molecule has 38 heavy (non-hydrogen) atoms. The first-order chi connectivity index (χ1) is 18.0. The lowest BCUT2D eigenvalue weighted by Gasteiger charge is -2.36. The first-order valence-corrected chi connectivity index (χ1v) is 14.3. The number of anilines is 3. The number of sulfonamides is 1. The second-order valence-electron chi connectivity index (χ2n) is 9.94. The van der Waals surface area contributed by atoms with Crippen LogP contribution in [0.2, 0.25) is 0 Å². The molecule has 0 aliphatic carbocycles. The third kappa shape index (κ3) is 5.15. The van der Waals surface area contributed by atoms with Crippen molar-refractivity contribution in [3.63, 3.8) is 0 Å². The van der Waals surface area contributed by atoms with Gasteiger partial charge in [-0.2, -0.15) is 0 Å². The average Bonchev–Trinajstić information content (AvgIpc) is 3.16. The molecule has 3 aromatic heterocycles. The quantitative estimate of drug-likeness (QED) is 0.441. The minimum absolute atomic E-state index is 0.154. The SMILES string of the molecule is CCN(CC)c1cccc(-c2ccc(C(=O)NS(=O)(=O)c3cccnc3N)c(N3CCC(C)C3(C)C)n2)n1. The number of nitrogens with zero attached hydrogens (tertiary/aromatic N) is 5. The zero-order valence-corrected chi connectivity index (χ0v) is 23.3. The van der Waals surface area contributed by atoms with E-state index in [0.717, 1.165) is 25.3 Å². The third-order valence-electron chi connectivity index (χ3n) is 7.46. The Morgan fingerprint density at radius 3 is 2.45 bits per heavy atom. The van der Waals surface area contributed by atoms with Gasteiger partial charge < -0.3 is 15.5 Å². The van der Waals surface area contributed by atoms with Crippen molar-refractivity contribution < 1.29 is 13.2 Å². The van der Waals surface area contributed by atoms with E-state index in [1.165, 1.54) is 18.3 Å². The predicted molar refractivity (Wildman–Crippen MR) is 150 cm³/mol. The molecule has 1 amide bonds. The van der Waals surface area contributed by atoms with Crippen molar-refractivity contribution >= 4 is 33.4 Å². The molecular weight excluding hydrogens is 502 g/mol. The molecule has 1 aliphatic rings. The molecule has 3 N–H and O–H groups in total. The smallest absolute Gasteiger partial charge is 0.268 e. The summed E-state index contributed by atoms with van der Waals surface area (Å²) in [5.41, 5.74) is 6.89. The van der Waals surface area contributed by atoms with Crippen LogP contribution in [-0.2, 0) is 10.0 Å². The lowest BCUT2D eigenvalue weighted by Crippen LogP contribution is -2.43. The van der Waals surface area contributed by atoms with Crippen LogP contribution in [0.4, 0.5) is 17.5 Å². The normalized spacial score (nSPS) is 16.9. The van der Waals surface area contributed by atoms with Gasteiger partial charge >= 0.3 is 0 Å². The zero-order chi connectivity index (χ0) is 27.7. The van der Waals surface area contributed by atoms with E-state index in [4.69, 9.17) is 15.7 Å². The number of carbonyl (C=O) groups is 1. The second-order valence-corrected chi connectivity index (χ2v) is 11.6. The molecule has 0 radical (unpaired) electrons. The molecule has 3 aromatic rings. The first kappa shape index (κ1) is 27.3. The number of nitrogens with one attached hydrogen (secondary N) is 1. The van der Waals surface area contributed by atoms with Crippen LogP contribution in [0, 0.1) is 5.92 Å². The number of carbonyl (C=O) groups excluding carboxylic acids is 1. The Hall–Kier alpha value is -3.73. The van der Waals surface area contributed by atoms with Crippen molar-refractivity contribution in [1.29, 1.82) is 0 Å². The number of rotatable bonds is 8. The number of pyridine rings is 3. The van der Waals surface area contributed by atoms with Gasteiger partial charge in [0.1, 0.15) is 22.3 Å². The van der Waals surface area contributed by atoms with Crippen molar-refractivity contribution in [3.05, 3.63) is 54.2 Å². The van der Waals surface area contributed by atoms with Crippen LogP contribution in [0.15, 0.2) is 53.6 Å². The van der Waals surface area contributed by atoms with E-state index < -0.39 is 15.9 Å². The molecule has 1 aliphatic heterocycles. The average molecular weight is 538 g/mol. The largest absolute Gasteiger partial charge is 0.383 e. The van der Waals surface area contributed by atoms with Crippen molar-refractivity contribution in [1.82, 2.24) is 19.7 Å². The molecule has 1 fully saturated rings. The van der Waals surface area contributed by atoms with E-state index in [1.807, 2.05) is 18.2 Å². The Morgan fingerprint density at radius 1 is 1.11 bits per heavy atom. The Balaban J connectivity index is 1.78. The maximum Gasteiger partial charge on any atom is 0.268 e. The number of hydrogen-bond donors (Lipinski definition) is 2. The van der Waals surface area contributed by atoms with Crippen LogP contribution in [0.25, 0.3) is 11.4 Å². The van der Waals surface area contributed by atoms with Gasteiger partial charge in [-0.05, 0) is 76.4 Å². The summed E-state index contributed by atoms with van der Waals surface area (Å²) < 4.78 is 28.1. The Morgan fingerprint density at radius 2 is 1.82 bits per heavy atom. The number of nitrogen functional groups attached to an aromatic ring is 1. The number of nitrogens with two attached hydrogens (primary N) is 1. The van der Waals surface area contributed by atoms with Gasteiger partial charge in [-0.15, -0.1) is 0 Å². The van der Waals surface area contributed by atoms with E-state index in [2.05, 4.69) is 54.1 Å². The molecule has 1 saturated heterocycles. The molecule has 4 rings (SSSR count). The highest BCUT2D eigenvalue weighted by atomic mass is 32.2. The van der Waals surface area contributed by atoms with Crippen molar-refractivity contribution in [2.45, 2.75) is 51.5 Å². The van der Waals surface area contributed by atoms with Gasteiger partial charge in [-0.25, -0.2) is 28.1 Å². The minimum atomic E-state index is -4.25. The van der Waals surface area contributed by atoms with Gasteiger partial charge in [-0.1, -0.05) is 13.0 Å². The van der Waals surface area contributed by atoms with Crippen LogP contribution < -0.4 is 20.3 Å². The van der Waals surface area contributed by atoms with E-state index in [1.54, 1.807) is 12.1 Å². The number of hydrogen-bond acceptors (Lipinski definition) is 9. The predicted octanol–water partition coefficient (Wildman–Crippen LogP) is 3.71. The first-order valence-electron chi connectivity index (χ1n) is 12.8. The van der Waals surface area contributed by atoms with Crippen molar-refractivity contribution in [3.8, 4) is 11.4 Å². The van der Waals surface area contributed by atoms with Crippen molar-refractivity contribution in [2.75, 3.05) is 35.2 Å². The fourth-order valence-corrected chi connectivity index (χ4v) is 5.78. The Labute approximate surface area is 224 Å². The molecule has 1 atom stereocenters. The van der Waals surface area contributed by atoms with E-state index in [0.29, 0.717) is 29.7 Å². The van der Waals surface area contributed by atoms with Gasteiger partial charge in [-0.3, -0.25) is 4.79 Å². The van der Waals surface area contributed by atoms with Crippen LogP contribution in [0.5, 0.6) is 0 Å². The monoisotopic (exact) mass is 537 g/mol. The molecule has 0 spiro atoms. The lowest BCUT2D eigenvalue weighted by molar-refractivity contribution is 0.0981. The standard InChI is InChI=1S/C27H35N7O3S/c1-6-33(7-2)23-12-8-10-20(30-23)21-14-13-19(25(31-21)34-17-15-18(3)27(34,4)5)26(35)32-38(36,37)22-11-9-16-29-24(22)28/h8-14,16,18H,6-7,15,17H2,1-5H3,(H2,28,29)(H,32,35). The maximum atomic E-state index is 13.4. The summed E-state index contributed by atoms with van der Waals surface area (Å²) in [4.78, 5) is 31.0. The summed E-state index contributed by atoms with van der Waals surface area (Å²) >= 11 is 0. The minimum Gasteiger partial charge on any atom is -0.383 e. The third-order valence-corrected chi connectivity index (χ3v) is 8.84. The van der Waals surface area contributed by atoms with Crippen LogP contribution in [-0.4, -0.2) is 54.5 Å². The van der Waals surface area contributed by atoms with Crippen LogP contribution in [0.1, 0.15) is 51.4 Å². The highest BCUT2D eigenvalue weighted by Gasteiger charge is 2.41. The maximum absolute atomic E-state index is 13.4. The van der Waals surface area contributed by atoms with Crippen molar-refractivity contribution in [2.24, 2.45) is 5.92 Å². The van der Waals surface area contributed by atoms with Gasteiger partial charge in [0.05, 0.1) is 17.0 Å². The summed E-state index contributed by atoms with van der Waals surface area (Å²) in [5.74, 6) is 0.622. The second kappa shape index (κ2) is 10.6. The highest BCUT2D eigenvalue weighted by molar-refractivity contribution is 7.90. The fourth-order valence-electron chi connectivity index (χ4n) is 4.73. The zero-order valence-electron chi connectivity index (χ0n) is 22.5. The molecule has 202 valence electrons. The molecule has 1 unspecified atom stereocenters. The lowest BCUT2D eigenvalue weighted by atomic mass is 9.90. The van der Waals surface area contributed by atoms with Gasteiger partial charge in [0, 0.05) is 31.4 Å². The van der Waals surface area contributed by atoms with E-state index in [9.17, 15) is 13.2 Å².